The molecule has 0 aromatic heterocycles. The van der Waals surface area contributed by atoms with Crippen molar-refractivity contribution in [3.8, 4) is 23.0 Å². The first-order valence-corrected chi connectivity index (χ1v) is 7.53. The van der Waals surface area contributed by atoms with Gasteiger partial charge in [0.2, 0.25) is 0 Å². The summed E-state index contributed by atoms with van der Waals surface area (Å²) >= 11 is 0. The van der Waals surface area contributed by atoms with Crippen LogP contribution in [0.15, 0.2) is 42.5 Å². The van der Waals surface area contributed by atoms with E-state index in [1.54, 1.807) is 14.2 Å². The minimum atomic E-state index is 0.416. The van der Waals surface area contributed by atoms with Crippen molar-refractivity contribution >= 4 is 0 Å². The molecule has 2 N–H and O–H groups in total. The van der Waals surface area contributed by atoms with Crippen LogP contribution in [0.4, 0.5) is 0 Å². The van der Waals surface area contributed by atoms with Crippen molar-refractivity contribution in [1.29, 1.82) is 0 Å². The van der Waals surface area contributed by atoms with Crippen molar-refractivity contribution in [1.82, 2.24) is 0 Å². The summed E-state index contributed by atoms with van der Waals surface area (Å²) in [5.41, 5.74) is 6.71. The first kappa shape index (κ1) is 17.0. The molecule has 2 aromatic carbocycles. The molecule has 0 amide bonds. The van der Waals surface area contributed by atoms with Gasteiger partial charge in [-0.3, -0.25) is 0 Å². The smallest absolute Gasteiger partial charge is 0.161 e. The van der Waals surface area contributed by atoms with Gasteiger partial charge in [0.05, 0.1) is 14.2 Å². The van der Waals surface area contributed by atoms with E-state index in [2.05, 4.69) is 0 Å². The third kappa shape index (κ3) is 5.07. The third-order valence-electron chi connectivity index (χ3n) is 3.31. The molecule has 0 aliphatic rings. The number of nitrogens with two attached hydrogens (primary N) is 1. The van der Waals surface area contributed by atoms with E-state index < -0.39 is 0 Å². The zero-order valence-corrected chi connectivity index (χ0v) is 13.6. The van der Waals surface area contributed by atoms with Gasteiger partial charge in [-0.25, -0.2) is 0 Å². The molecule has 0 unspecified atom stereocenters. The lowest BCUT2D eigenvalue weighted by atomic mass is 10.1. The molecule has 2 rings (SSSR count). The first-order valence-electron chi connectivity index (χ1n) is 7.53. The molecule has 0 fully saturated rings. The second-order valence-electron chi connectivity index (χ2n) is 4.90. The van der Waals surface area contributed by atoms with E-state index in [0.29, 0.717) is 31.3 Å². The van der Waals surface area contributed by atoms with Crippen LogP contribution in [0, 0.1) is 0 Å². The Morgan fingerprint density at radius 2 is 1.61 bits per heavy atom. The lowest BCUT2D eigenvalue weighted by Crippen LogP contribution is -2.10. The molecule has 0 radical (unpaired) electrons. The van der Waals surface area contributed by atoms with Gasteiger partial charge in [0.15, 0.2) is 11.5 Å². The molecule has 124 valence electrons. The van der Waals surface area contributed by atoms with Crippen LogP contribution in [0.1, 0.15) is 5.56 Å². The van der Waals surface area contributed by atoms with E-state index in [-0.39, 0.29) is 0 Å². The van der Waals surface area contributed by atoms with Crippen molar-refractivity contribution in [3.05, 3.63) is 48.0 Å². The summed E-state index contributed by atoms with van der Waals surface area (Å²) in [6.07, 6.45) is 0.806. The minimum absolute atomic E-state index is 0.416. The number of benzene rings is 2. The fourth-order valence-corrected chi connectivity index (χ4v) is 2.16. The van der Waals surface area contributed by atoms with Crippen LogP contribution < -0.4 is 24.7 Å². The van der Waals surface area contributed by atoms with E-state index >= 15 is 0 Å². The normalized spacial score (nSPS) is 10.2. The Bertz CT molecular complexity index is 616. The molecular formula is C18H23NO4. The monoisotopic (exact) mass is 317 g/mol. The summed E-state index contributed by atoms with van der Waals surface area (Å²) in [6, 6.07) is 13.3. The Morgan fingerprint density at radius 1 is 0.826 bits per heavy atom. The molecule has 0 bridgehead atoms. The van der Waals surface area contributed by atoms with Gasteiger partial charge in [-0.2, -0.15) is 0 Å². The molecule has 0 spiro atoms. The molecule has 0 saturated carbocycles. The Morgan fingerprint density at radius 3 is 2.35 bits per heavy atom. The Labute approximate surface area is 136 Å². The lowest BCUT2D eigenvalue weighted by Gasteiger charge is -2.13. The topological polar surface area (TPSA) is 62.9 Å². The van der Waals surface area contributed by atoms with E-state index in [1.165, 1.54) is 0 Å². The van der Waals surface area contributed by atoms with Gasteiger partial charge in [0, 0.05) is 6.07 Å². The highest BCUT2D eigenvalue weighted by Gasteiger charge is 2.06. The fourth-order valence-electron chi connectivity index (χ4n) is 2.16. The van der Waals surface area contributed by atoms with Gasteiger partial charge in [-0.15, -0.1) is 0 Å². The zero-order valence-electron chi connectivity index (χ0n) is 13.6. The highest BCUT2D eigenvalue weighted by atomic mass is 16.5. The molecule has 0 heterocycles. The summed E-state index contributed by atoms with van der Waals surface area (Å²) in [4.78, 5) is 0. The molecule has 5 nitrogen and oxygen atoms in total. The molecule has 2 aromatic rings. The van der Waals surface area contributed by atoms with Gasteiger partial charge < -0.3 is 24.7 Å². The lowest BCUT2D eigenvalue weighted by molar-refractivity contribution is 0.210. The third-order valence-corrected chi connectivity index (χ3v) is 3.31. The molecule has 0 aliphatic heterocycles. The number of hydrogen-bond acceptors (Lipinski definition) is 5. The molecule has 0 atom stereocenters. The van der Waals surface area contributed by atoms with Crippen molar-refractivity contribution in [2.75, 3.05) is 34.0 Å². The Hall–Kier alpha value is -2.40. The second-order valence-corrected chi connectivity index (χ2v) is 4.90. The average Bonchev–Trinajstić information content (AvgIpc) is 2.59. The largest absolute Gasteiger partial charge is 0.497 e. The SMILES string of the molecule is COc1cccc(OCCOc2cc(CCN)ccc2OC)c1. The highest BCUT2D eigenvalue weighted by molar-refractivity contribution is 5.43. The quantitative estimate of drug-likeness (QED) is 0.720. The maximum absolute atomic E-state index is 5.77. The van der Waals surface area contributed by atoms with Crippen LogP contribution in [-0.4, -0.2) is 34.0 Å². The predicted octanol–water partition coefficient (Wildman–Crippen LogP) is 2.66. The number of methoxy groups -OCH3 is 2. The molecule has 0 saturated heterocycles. The van der Waals surface area contributed by atoms with Gasteiger partial charge in [-0.05, 0) is 42.8 Å². The van der Waals surface area contributed by atoms with Crippen LogP contribution in [0.25, 0.3) is 0 Å². The summed E-state index contributed by atoms with van der Waals surface area (Å²) in [5.74, 6) is 2.91. The van der Waals surface area contributed by atoms with Crippen LogP contribution in [0.2, 0.25) is 0 Å². The van der Waals surface area contributed by atoms with Crippen molar-refractivity contribution in [3.63, 3.8) is 0 Å². The van der Waals surface area contributed by atoms with E-state index in [0.717, 1.165) is 23.5 Å². The van der Waals surface area contributed by atoms with Gasteiger partial charge >= 0.3 is 0 Å². The first-order chi connectivity index (χ1) is 11.3. The molecular weight excluding hydrogens is 294 g/mol. The Balaban J connectivity index is 1.88. The summed E-state index contributed by atoms with van der Waals surface area (Å²) in [7, 11) is 3.25. The molecule has 0 aliphatic carbocycles. The van der Waals surface area contributed by atoms with E-state index in [9.17, 15) is 0 Å². The zero-order chi connectivity index (χ0) is 16.5. The average molecular weight is 317 g/mol. The molecule has 23 heavy (non-hydrogen) atoms. The number of ether oxygens (including phenoxy) is 4. The fraction of sp³-hybridized carbons (Fsp3) is 0.333. The van der Waals surface area contributed by atoms with Gasteiger partial charge in [0.1, 0.15) is 24.7 Å². The highest BCUT2D eigenvalue weighted by Crippen LogP contribution is 2.28. The maximum Gasteiger partial charge on any atom is 0.161 e. The standard InChI is InChI=1S/C18H23NO4/c1-20-15-4-3-5-16(13-15)22-10-11-23-18-12-14(8-9-19)6-7-17(18)21-2/h3-7,12-13H,8-11,19H2,1-2H3. The van der Waals surface area contributed by atoms with Gasteiger partial charge in [0.25, 0.3) is 0 Å². The van der Waals surface area contributed by atoms with Crippen molar-refractivity contribution in [2.24, 2.45) is 5.73 Å². The summed E-state index contributed by atoms with van der Waals surface area (Å²) in [6.45, 7) is 1.45. The summed E-state index contributed by atoms with van der Waals surface area (Å²) < 4.78 is 21.9. The van der Waals surface area contributed by atoms with E-state index in [4.69, 9.17) is 24.7 Å². The number of hydrogen-bond donors (Lipinski definition) is 1. The van der Waals surface area contributed by atoms with E-state index in [1.807, 2.05) is 42.5 Å². The maximum atomic E-state index is 5.77. The summed E-state index contributed by atoms with van der Waals surface area (Å²) in [5, 5.41) is 0. The van der Waals surface area contributed by atoms with Crippen LogP contribution in [-0.2, 0) is 6.42 Å². The van der Waals surface area contributed by atoms with Crippen LogP contribution >= 0.6 is 0 Å². The molecule has 5 heteroatoms. The minimum Gasteiger partial charge on any atom is -0.497 e. The van der Waals surface area contributed by atoms with Crippen molar-refractivity contribution < 1.29 is 18.9 Å². The second kappa shape index (κ2) is 8.90. The van der Waals surface area contributed by atoms with Crippen LogP contribution in [0.3, 0.4) is 0 Å². The van der Waals surface area contributed by atoms with Gasteiger partial charge in [-0.1, -0.05) is 12.1 Å². The predicted molar refractivity (Wildman–Crippen MR) is 89.7 cm³/mol. The Kier molecular flexibility index (Phi) is 6.56. The van der Waals surface area contributed by atoms with Crippen LogP contribution in [0.5, 0.6) is 23.0 Å². The number of rotatable bonds is 9. The van der Waals surface area contributed by atoms with Crippen molar-refractivity contribution in [2.45, 2.75) is 6.42 Å².